The van der Waals surface area contributed by atoms with Crippen LogP contribution in [0.1, 0.15) is 13.8 Å². The molecule has 2 N–H and O–H groups in total. The predicted molar refractivity (Wildman–Crippen MR) is 40.1 cm³/mol. The van der Waals surface area contributed by atoms with Crippen LogP contribution in [-0.2, 0) is 9.47 Å². The van der Waals surface area contributed by atoms with Crippen molar-refractivity contribution in [2.45, 2.75) is 26.2 Å². The van der Waals surface area contributed by atoms with Crippen LogP contribution in [0, 0.1) is 0 Å². The molecule has 0 aliphatic rings. The lowest BCUT2D eigenvalue weighted by Gasteiger charge is -2.20. The SMILES string of the molecule is CCOC(OCC)[C@H](O)CO. The Morgan fingerprint density at radius 1 is 1.18 bits per heavy atom. The van der Waals surface area contributed by atoms with E-state index >= 15 is 0 Å². The van der Waals surface area contributed by atoms with Gasteiger partial charge in [-0.1, -0.05) is 0 Å². The molecule has 0 saturated heterocycles. The summed E-state index contributed by atoms with van der Waals surface area (Å²) >= 11 is 0. The molecule has 4 heteroatoms. The summed E-state index contributed by atoms with van der Waals surface area (Å²) in [6.07, 6.45) is -1.65. The van der Waals surface area contributed by atoms with Crippen LogP contribution < -0.4 is 0 Å². The summed E-state index contributed by atoms with van der Waals surface area (Å²) in [5.41, 5.74) is 0. The topological polar surface area (TPSA) is 58.9 Å². The van der Waals surface area contributed by atoms with Crippen molar-refractivity contribution in [3.05, 3.63) is 0 Å². The highest BCUT2D eigenvalue weighted by Crippen LogP contribution is 2.00. The fourth-order valence-electron chi connectivity index (χ4n) is 0.685. The highest BCUT2D eigenvalue weighted by atomic mass is 16.7. The highest BCUT2D eigenvalue weighted by molar-refractivity contribution is 4.57. The second kappa shape index (κ2) is 6.54. The first-order valence-electron chi connectivity index (χ1n) is 3.78. The molecule has 0 amide bonds. The first kappa shape index (κ1) is 10.8. The quantitative estimate of drug-likeness (QED) is 0.531. The number of aliphatic hydroxyl groups excluding tert-OH is 2. The lowest BCUT2D eigenvalue weighted by molar-refractivity contribution is -0.196. The van der Waals surface area contributed by atoms with Crippen molar-refractivity contribution in [3.8, 4) is 0 Å². The van der Waals surface area contributed by atoms with Crippen LogP contribution >= 0.6 is 0 Å². The Morgan fingerprint density at radius 3 is 1.91 bits per heavy atom. The molecule has 68 valence electrons. The second-order valence-electron chi connectivity index (χ2n) is 2.03. The fourth-order valence-corrected chi connectivity index (χ4v) is 0.685. The molecule has 0 radical (unpaired) electrons. The zero-order valence-corrected chi connectivity index (χ0v) is 6.99. The second-order valence-corrected chi connectivity index (χ2v) is 2.03. The van der Waals surface area contributed by atoms with Crippen LogP contribution in [0.5, 0.6) is 0 Å². The van der Waals surface area contributed by atoms with Crippen molar-refractivity contribution in [2.24, 2.45) is 0 Å². The Kier molecular flexibility index (Phi) is 6.45. The van der Waals surface area contributed by atoms with Gasteiger partial charge in [0.1, 0.15) is 6.10 Å². The smallest absolute Gasteiger partial charge is 0.185 e. The molecule has 0 aliphatic heterocycles. The minimum atomic E-state index is -0.949. The van der Waals surface area contributed by atoms with Gasteiger partial charge in [0.25, 0.3) is 0 Å². The van der Waals surface area contributed by atoms with Crippen molar-refractivity contribution >= 4 is 0 Å². The normalized spacial score (nSPS) is 13.9. The Morgan fingerprint density at radius 2 is 1.64 bits per heavy atom. The van der Waals surface area contributed by atoms with Crippen molar-refractivity contribution < 1.29 is 19.7 Å². The third-order valence-electron chi connectivity index (χ3n) is 1.16. The average Bonchev–Trinajstić information content (AvgIpc) is 2.03. The first-order valence-corrected chi connectivity index (χ1v) is 3.78. The Hall–Kier alpha value is -0.160. The fraction of sp³-hybridized carbons (Fsp3) is 1.00. The van der Waals surface area contributed by atoms with E-state index in [0.717, 1.165) is 0 Å². The van der Waals surface area contributed by atoms with E-state index in [4.69, 9.17) is 19.7 Å². The van der Waals surface area contributed by atoms with Crippen LogP contribution in [-0.4, -0.2) is 42.4 Å². The van der Waals surface area contributed by atoms with Gasteiger partial charge in [0.15, 0.2) is 6.29 Å². The highest BCUT2D eigenvalue weighted by Gasteiger charge is 2.17. The molecule has 11 heavy (non-hydrogen) atoms. The van der Waals surface area contributed by atoms with Gasteiger partial charge in [-0.3, -0.25) is 0 Å². The van der Waals surface area contributed by atoms with E-state index in [1.165, 1.54) is 0 Å². The van der Waals surface area contributed by atoms with Crippen molar-refractivity contribution in [2.75, 3.05) is 19.8 Å². The van der Waals surface area contributed by atoms with Gasteiger partial charge in [-0.15, -0.1) is 0 Å². The summed E-state index contributed by atoms with van der Waals surface area (Å²) in [5, 5.41) is 17.6. The molecule has 4 nitrogen and oxygen atoms in total. The van der Waals surface area contributed by atoms with E-state index in [0.29, 0.717) is 13.2 Å². The van der Waals surface area contributed by atoms with Crippen molar-refractivity contribution in [1.82, 2.24) is 0 Å². The van der Waals surface area contributed by atoms with Gasteiger partial charge < -0.3 is 19.7 Å². The monoisotopic (exact) mass is 164 g/mol. The van der Waals surface area contributed by atoms with Gasteiger partial charge >= 0.3 is 0 Å². The summed E-state index contributed by atoms with van der Waals surface area (Å²) in [6, 6.07) is 0. The summed E-state index contributed by atoms with van der Waals surface area (Å²) in [4.78, 5) is 0. The molecule has 0 rings (SSSR count). The van der Waals surface area contributed by atoms with E-state index in [1.807, 2.05) is 0 Å². The molecule has 0 aromatic carbocycles. The zero-order valence-electron chi connectivity index (χ0n) is 6.99. The van der Waals surface area contributed by atoms with Gasteiger partial charge in [-0.2, -0.15) is 0 Å². The molecular weight excluding hydrogens is 148 g/mol. The lowest BCUT2D eigenvalue weighted by atomic mass is 10.4. The molecule has 0 bridgehead atoms. The van der Waals surface area contributed by atoms with Gasteiger partial charge in [0.05, 0.1) is 6.61 Å². The van der Waals surface area contributed by atoms with Crippen LogP contribution in [0.2, 0.25) is 0 Å². The van der Waals surface area contributed by atoms with Crippen LogP contribution in [0.15, 0.2) is 0 Å². The Balaban J connectivity index is 3.66. The van der Waals surface area contributed by atoms with E-state index in [-0.39, 0.29) is 6.61 Å². The van der Waals surface area contributed by atoms with E-state index in [9.17, 15) is 0 Å². The van der Waals surface area contributed by atoms with Crippen molar-refractivity contribution in [1.29, 1.82) is 0 Å². The molecule has 0 aromatic heterocycles. The van der Waals surface area contributed by atoms with Gasteiger partial charge in [0, 0.05) is 13.2 Å². The first-order chi connectivity index (χ1) is 5.26. The van der Waals surface area contributed by atoms with Crippen LogP contribution in [0.25, 0.3) is 0 Å². The van der Waals surface area contributed by atoms with Crippen LogP contribution in [0.3, 0.4) is 0 Å². The number of rotatable bonds is 6. The third-order valence-corrected chi connectivity index (χ3v) is 1.16. The maximum absolute atomic E-state index is 9.08. The average molecular weight is 164 g/mol. The summed E-state index contributed by atoms with van der Waals surface area (Å²) in [5.74, 6) is 0. The van der Waals surface area contributed by atoms with Crippen molar-refractivity contribution in [3.63, 3.8) is 0 Å². The lowest BCUT2D eigenvalue weighted by Crippen LogP contribution is -2.34. The Bertz CT molecular complexity index is 80.5. The van der Waals surface area contributed by atoms with Gasteiger partial charge in [0.2, 0.25) is 0 Å². The molecule has 0 heterocycles. The largest absolute Gasteiger partial charge is 0.393 e. The molecule has 0 fully saturated rings. The number of hydrogen-bond donors (Lipinski definition) is 2. The molecule has 0 unspecified atom stereocenters. The minimum absolute atomic E-state index is 0.343. The Labute approximate surface area is 66.7 Å². The van der Waals surface area contributed by atoms with Gasteiger partial charge in [-0.05, 0) is 13.8 Å². The summed E-state index contributed by atoms with van der Waals surface area (Å²) in [7, 11) is 0. The minimum Gasteiger partial charge on any atom is -0.393 e. The van der Waals surface area contributed by atoms with Crippen LogP contribution in [0.4, 0.5) is 0 Å². The predicted octanol–water partition coefficient (Wildman–Crippen LogP) is -0.261. The molecule has 1 atom stereocenters. The third kappa shape index (κ3) is 4.31. The number of ether oxygens (including phenoxy) is 2. The van der Waals surface area contributed by atoms with E-state index < -0.39 is 12.4 Å². The summed E-state index contributed by atoms with van der Waals surface area (Å²) in [6.45, 7) is 4.18. The maximum atomic E-state index is 9.08. The molecule has 0 spiro atoms. The zero-order chi connectivity index (χ0) is 8.69. The molecule has 0 saturated carbocycles. The number of hydrogen-bond acceptors (Lipinski definition) is 4. The van der Waals surface area contributed by atoms with E-state index in [2.05, 4.69) is 0 Å². The molecule has 0 aromatic rings. The standard InChI is InChI=1S/C7H16O4/c1-3-10-7(11-4-2)6(9)5-8/h6-9H,3-5H2,1-2H3/t6-/m1/s1. The molecular formula is C7H16O4. The maximum Gasteiger partial charge on any atom is 0.185 e. The van der Waals surface area contributed by atoms with Gasteiger partial charge in [-0.25, -0.2) is 0 Å². The van der Waals surface area contributed by atoms with E-state index in [1.54, 1.807) is 13.8 Å². The molecule has 0 aliphatic carbocycles. The number of aliphatic hydroxyl groups is 2. The summed E-state index contributed by atoms with van der Waals surface area (Å²) < 4.78 is 10.0.